The number of rotatable bonds is 15. The monoisotopic (exact) mass is 1110 g/mol. The summed E-state index contributed by atoms with van der Waals surface area (Å²) in [6.07, 6.45) is 0. The van der Waals surface area contributed by atoms with Crippen LogP contribution in [0.5, 0.6) is 11.5 Å². The molecule has 4 heterocycles. The minimum atomic E-state index is -0.869. The molecule has 0 saturated carbocycles. The third-order valence-electron chi connectivity index (χ3n) is 14.2. The number of methoxy groups -OCH3 is 1. The van der Waals surface area contributed by atoms with E-state index < -0.39 is 23.4 Å². The standard InChI is InChI=1S/C32H36N4O4.C19H21NO5.C14H19N3/c1-22-9-11-23(12-10-22)36-29(21-28(34-36)32(2,3)4)33-31(38)30(37)26-13-14-27(25-8-6-5-7-24(25)26)40-20-17-35-15-18-39-19-16-35;1-23-19(22)18(21)16-6-7-17(15-5-3-2-4-14(15)16)25-13-10-20-8-11-24-12-9-20;1-10-5-7-11(8-6-10)17-13(15)9-12(16-17)14(2,3)4/h5-14,21H,15-20H2,1-4H3,(H,33,38);2-7H,8-13H2,1H3;5-9H,15H2,1-4H3. The van der Waals surface area contributed by atoms with Crippen LogP contribution in [0.2, 0.25) is 0 Å². The van der Waals surface area contributed by atoms with E-state index in [1.807, 2.05) is 97.9 Å². The van der Waals surface area contributed by atoms with Crippen molar-refractivity contribution < 1.29 is 42.9 Å². The normalized spacial score (nSPS) is 14.0. The maximum absolute atomic E-state index is 13.5. The Kier molecular flexibility index (Phi) is 19.7. The molecule has 10 rings (SSSR count). The highest BCUT2D eigenvalue weighted by molar-refractivity contribution is 6.48. The lowest BCUT2D eigenvalue weighted by atomic mass is 9.92. The summed E-state index contributed by atoms with van der Waals surface area (Å²) >= 11 is 0. The van der Waals surface area contributed by atoms with Crippen molar-refractivity contribution in [2.75, 3.05) is 97.1 Å². The number of nitrogen functional groups attached to an aromatic ring is 1. The summed E-state index contributed by atoms with van der Waals surface area (Å²) in [7, 11) is 1.20. The van der Waals surface area contributed by atoms with Crippen molar-refractivity contribution in [3.8, 4) is 22.9 Å². The summed E-state index contributed by atoms with van der Waals surface area (Å²) in [4.78, 5) is 55.2. The van der Waals surface area contributed by atoms with Gasteiger partial charge in [-0.25, -0.2) is 14.2 Å². The van der Waals surface area contributed by atoms with Crippen molar-refractivity contribution in [3.63, 3.8) is 0 Å². The van der Waals surface area contributed by atoms with Gasteiger partial charge in [0, 0.05) is 84.1 Å². The Balaban J connectivity index is 0.000000178. The van der Waals surface area contributed by atoms with Gasteiger partial charge < -0.3 is 34.7 Å². The zero-order valence-electron chi connectivity index (χ0n) is 48.6. The molecule has 82 heavy (non-hydrogen) atoms. The Bertz CT molecular complexity index is 3490. The maximum atomic E-state index is 13.5. The molecule has 2 saturated heterocycles. The third-order valence-corrected chi connectivity index (χ3v) is 14.2. The minimum absolute atomic E-state index is 0.0179. The SMILES string of the molecule is COC(=O)C(=O)c1ccc(OCCN2CCOCC2)c2ccccc12.Cc1ccc(-n2nc(C(C)(C)C)cc2N)cc1.Cc1ccc(-n2nc(C(C)(C)C)cc2NC(=O)C(=O)c2ccc(OCCN3CCOCC3)c3ccccc23)cc1. The number of hydrogen-bond acceptors (Lipinski definition) is 14. The second-order valence-corrected chi connectivity index (χ2v) is 22.4. The summed E-state index contributed by atoms with van der Waals surface area (Å²) in [5.41, 5.74) is 12.4. The van der Waals surface area contributed by atoms with Crippen molar-refractivity contribution in [3.05, 3.63) is 167 Å². The predicted molar refractivity (Wildman–Crippen MR) is 321 cm³/mol. The van der Waals surface area contributed by atoms with Gasteiger partial charge in [-0.05, 0) is 73.2 Å². The number of carbonyl (C=O) groups excluding carboxylic acids is 4. The number of anilines is 2. The molecule has 0 spiro atoms. The summed E-state index contributed by atoms with van der Waals surface area (Å²) in [5, 5.41) is 15.1. The third kappa shape index (κ3) is 15.2. The van der Waals surface area contributed by atoms with E-state index in [0.29, 0.717) is 58.2 Å². The van der Waals surface area contributed by atoms with Crippen LogP contribution in [0.4, 0.5) is 11.6 Å². The van der Waals surface area contributed by atoms with Crippen LogP contribution in [0.25, 0.3) is 32.9 Å². The van der Waals surface area contributed by atoms with Crippen LogP contribution in [0.1, 0.15) is 84.8 Å². The van der Waals surface area contributed by atoms with Crippen molar-refractivity contribution in [1.29, 1.82) is 0 Å². The van der Waals surface area contributed by atoms with Gasteiger partial charge in [-0.3, -0.25) is 24.2 Å². The number of aryl methyl sites for hydroxylation is 2. The molecule has 0 radical (unpaired) electrons. The smallest absolute Gasteiger partial charge is 0.379 e. The summed E-state index contributed by atoms with van der Waals surface area (Å²) in [6, 6.07) is 41.5. The summed E-state index contributed by atoms with van der Waals surface area (Å²) in [6.45, 7) is 26.0. The van der Waals surface area contributed by atoms with Gasteiger partial charge in [0.1, 0.15) is 36.3 Å². The lowest BCUT2D eigenvalue weighted by Crippen LogP contribution is -2.38. The number of fused-ring (bicyclic) bond motifs is 2. The molecule has 17 nitrogen and oxygen atoms in total. The van der Waals surface area contributed by atoms with Gasteiger partial charge in [0.15, 0.2) is 0 Å². The van der Waals surface area contributed by atoms with E-state index in [9.17, 15) is 19.2 Å². The lowest BCUT2D eigenvalue weighted by molar-refractivity contribution is -0.135. The molecule has 8 aromatic rings. The largest absolute Gasteiger partial charge is 0.492 e. The number of nitrogens with one attached hydrogen (secondary N) is 1. The fourth-order valence-corrected chi connectivity index (χ4v) is 9.28. The van der Waals surface area contributed by atoms with Crippen LogP contribution >= 0.6 is 0 Å². The first-order valence-corrected chi connectivity index (χ1v) is 27.8. The number of nitrogens with zero attached hydrogens (tertiary/aromatic N) is 6. The van der Waals surface area contributed by atoms with Crippen molar-refractivity contribution in [2.24, 2.45) is 0 Å². The van der Waals surface area contributed by atoms with Gasteiger partial charge in [0.25, 0.3) is 17.5 Å². The Morgan fingerprint density at radius 2 is 0.963 bits per heavy atom. The van der Waals surface area contributed by atoms with E-state index in [1.54, 1.807) is 39.7 Å². The molecule has 2 aromatic heterocycles. The number of amides is 1. The van der Waals surface area contributed by atoms with Crippen molar-refractivity contribution in [1.82, 2.24) is 29.4 Å². The number of morpholine rings is 2. The van der Waals surface area contributed by atoms with Gasteiger partial charge in [-0.2, -0.15) is 10.2 Å². The molecule has 2 aliphatic heterocycles. The van der Waals surface area contributed by atoms with Crippen LogP contribution in [-0.4, -0.2) is 139 Å². The van der Waals surface area contributed by atoms with Gasteiger partial charge >= 0.3 is 5.97 Å². The maximum Gasteiger partial charge on any atom is 0.379 e. The molecule has 0 atom stereocenters. The Morgan fingerprint density at radius 3 is 1.40 bits per heavy atom. The highest BCUT2D eigenvalue weighted by Crippen LogP contribution is 2.32. The molecule has 6 aromatic carbocycles. The highest BCUT2D eigenvalue weighted by Gasteiger charge is 2.26. The van der Waals surface area contributed by atoms with Gasteiger partial charge in [0.2, 0.25) is 0 Å². The van der Waals surface area contributed by atoms with Crippen LogP contribution in [0, 0.1) is 13.8 Å². The van der Waals surface area contributed by atoms with E-state index >= 15 is 0 Å². The first-order valence-electron chi connectivity index (χ1n) is 27.8. The molecule has 0 bridgehead atoms. The molecule has 0 unspecified atom stereocenters. The molecule has 0 aliphatic carbocycles. The van der Waals surface area contributed by atoms with E-state index in [0.717, 1.165) is 105 Å². The molecule has 2 fully saturated rings. The fraction of sp³-hybridized carbons (Fsp3) is 0.354. The van der Waals surface area contributed by atoms with E-state index in [1.165, 1.54) is 12.7 Å². The minimum Gasteiger partial charge on any atom is -0.492 e. The number of hydrogen-bond donors (Lipinski definition) is 2. The van der Waals surface area contributed by atoms with Gasteiger partial charge in [0.05, 0.1) is 56.3 Å². The number of ether oxygens (including phenoxy) is 5. The summed E-state index contributed by atoms with van der Waals surface area (Å²) < 4.78 is 30.8. The van der Waals surface area contributed by atoms with E-state index in [2.05, 4.69) is 85.6 Å². The zero-order chi connectivity index (χ0) is 58.6. The number of esters is 1. The number of ketones is 2. The Labute approximate surface area is 480 Å². The molecule has 17 heteroatoms. The Morgan fingerprint density at radius 1 is 0.549 bits per heavy atom. The van der Waals surface area contributed by atoms with Gasteiger partial charge in [-0.1, -0.05) is 125 Å². The molecule has 1 amide bonds. The number of benzene rings is 6. The predicted octanol–water partition coefficient (Wildman–Crippen LogP) is 10.1. The molecule has 3 N–H and O–H groups in total. The average Bonchev–Trinajstić information content (AvgIpc) is 3.88. The van der Waals surface area contributed by atoms with Crippen LogP contribution in [0.3, 0.4) is 0 Å². The number of aromatic nitrogens is 4. The van der Waals surface area contributed by atoms with Crippen LogP contribution in [0.15, 0.2) is 133 Å². The summed E-state index contributed by atoms with van der Waals surface area (Å²) in [5.74, 6) is -0.355. The topological polar surface area (TPSA) is 195 Å². The number of Topliss-reactive ketones (excluding diaryl/α,β-unsaturated/α-hetero) is 2. The fourth-order valence-electron chi connectivity index (χ4n) is 9.28. The molecular weight excluding hydrogens is 1040 g/mol. The Hall–Kier alpha value is -8.22. The first-order chi connectivity index (χ1) is 39.3. The van der Waals surface area contributed by atoms with E-state index in [-0.39, 0.29) is 10.8 Å². The van der Waals surface area contributed by atoms with Crippen molar-refractivity contribution in [2.45, 2.75) is 66.2 Å². The van der Waals surface area contributed by atoms with Crippen molar-refractivity contribution >= 4 is 56.6 Å². The zero-order valence-corrected chi connectivity index (χ0v) is 48.6. The van der Waals surface area contributed by atoms with Gasteiger partial charge in [-0.15, -0.1) is 0 Å². The van der Waals surface area contributed by atoms with E-state index in [4.69, 9.17) is 29.8 Å². The molecule has 430 valence electrons. The lowest BCUT2D eigenvalue weighted by Gasteiger charge is -2.26. The number of nitrogens with two attached hydrogens (primary N) is 1. The highest BCUT2D eigenvalue weighted by atomic mass is 16.5. The second-order valence-electron chi connectivity index (χ2n) is 22.4. The molecular formula is C65H76N8O9. The average molecular weight is 1110 g/mol. The first kappa shape index (κ1) is 59.9. The van der Waals surface area contributed by atoms with Crippen LogP contribution in [-0.2, 0) is 34.6 Å². The van der Waals surface area contributed by atoms with Crippen LogP contribution < -0.4 is 20.5 Å². The second kappa shape index (κ2) is 27.0. The quantitative estimate of drug-likeness (QED) is 0.0559. The number of carbonyl (C=O) groups is 4. The molecule has 2 aliphatic rings.